The highest BCUT2D eigenvalue weighted by atomic mass is 32.1. The molecule has 0 fully saturated rings. The van der Waals surface area contributed by atoms with Gasteiger partial charge in [-0.05, 0) is 18.2 Å². The van der Waals surface area contributed by atoms with E-state index in [0.717, 1.165) is 20.4 Å². The maximum Gasteiger partial charge on any atom is 0.143 e. The van der Waals surface area contributed by atoms with Crippen LogP contribution in [0.25, 0.3) is 31.5 Å². The Bertz CT molecular complexity index is 946. The van der Waals surface area contributed by atoms with Crippen LogP contribution in [0.1, 0.15) is 2.74 Å². The summed E-state index contributed by atoms with van der Waals surface area (Å²) in [7, 11) is 0. The first-order valence-corrected chi connectivity index (χ1v) is 6.10. The molecule has 4 rings (SSSR count). The number of fused-ring (bicyclic) bond motifs is 4. The lowest BCUT2D eigenvalue weighted by molar-refractivity contribution is 1.43. The Kier molecular flexibility index (Phi) is 1.40. The summed E-state index contributed by atoms with van der Waals surface area (Å²) >= 11 is 1.60. The molecule has 0 unspecified atom stereocenters. The van der Waals surface area contributed by atoms with E-state index in [2.05, 4.69) is 16.0 Å². The van der Waals surface area contributed by atoms with Crippen molar-refractivity contribution in [3.05, 3.63) is 48.5 Å². The largest absolute Gasteiger partial charge is 0.243 e. The van der Waals surface area contributed by atoms with E-state index >= 15 is 0 Å². The van der Waals surface area contributed by atoms with Crippen molar-refractivity contribution in [2.24, 2.45) is 0 Å². The Hall–Kier alpha value is -2.00. The average Bonchev–Trinajstić information content (AvgIpc) is 2.75. The normalized spacial score (nSPS) is 13.2. The number of aromatic nitrogens is 2. The number of benzene rings is 2. The van der Waals surface area contributed by atoms with Crippen LogP contribution >= 0.6 is 11.3 Å². The minimum absolute atomic E-state index is 0.181. The fraction of sp³-hybridized carbons (Fsp3) is 0. The summed E-state index contributed by atoms with van der Waals surface area (Å²) in [6.45, 7) is 0. The molecule has 3 heteroatoms. The monoisotopic (exact) mass is 238 g/mol. The van der Waals surface area contributed by atoms with Crippen molar-refractivity contribution >= 4 is 42.8 Å². The summed E-state index contributed by atoms with van der Waals surface area (Å²) in [4.78, 5) is 10.1. The molecule has 0 saturated carbocycles. The zero-order valence-electron chi connectivity index (χ0n) is 10.8. The van der Waals surface area contributed by atoms with Gasteiger partial charge in [-0.25, -0.2) is 9.97 Å². The van der Waals surface area contributed by atoms with Gasteiger partial charge >= 0.3 is 0 Å². The zero-order chi connectivity index (χ0) is 13.0. The highest BCUT2D eigenvalue weighted by Crippen LogP contribution is 2.32. The topological polar surface area (TPSA) is 25.8 Å². The third-order valence-corrected chi connectivity index (χ3v) is 3.82. The fourth-order valence-electron chi connectivity index (χ4n) is 1.98. The zero-order valence-corrected chi connectivity index (χ0v) is 9.58. The quantitative estimate of drug-likeness (QED) is 0.463. The minimum Gasteiger partial charge on any atom is -0.243 e. The number of hydrogen-bond acceptors (Lipinski definition) is 3. The first-order valence-electron chi connectivity index (χ1n) is 6.28. The van der Waals surface area contributed by atoms with Crippen LogP contribution in [0.5, 0.6) is 0 Å². The van der Waals surface area contributed by atoms with E-state index in [9.17, 15) is 0 Å². The molecule has 0 atom stereocenters. The predicted octanol–water partition coefficient (Wildman–Crippen LogP) is 4.00. The van der Waals surface area contributed by atoms with E-state index in [1.807, 2.05) is 18.2 Å². The molecule has 0 aliphatic rings. The third kappa shape index (κ3) is 1.26. The van der Waals surface area contributed by atoms with Gasteiger partial charge in [-0.2, -0.15) is 0 Å². The highest BCUT2D eigenvalue weighted by molar-refractivity contribution is 7.25. The first kappa shape index (κ1) is 7.35. The van der Waals surface area contributed by atoms with Crippen molar-refractivity contribution in [2.45, 2.75) is 0 Å². The molecule has 2 nitrogen and oxygen atoms in total. The van der Waals surface area contributed by atoms with Crippen LogP contribution in [0.4, 0.5) is 0 Å². The van der Waals surface area contributed by atoms with Crippen molar-refractivity contribution in [1.82, 2.24) is 9.97 Å². The molecule has 0 aliphatic heterocycles. The molecule has 2 aromatic heterocycles. The highest BCUT2D eigenvalue weighted by Gasteiger charge is 2.08. The van der Waals surface area contributed by atoms with E-state index in [1.165, 1.54) is 0 Å². The number of thiophene rings is 1. The fourth-order valence-corrected chi connectivity index (χ4v) is 3.01. The van der Waals surface area contributed by atoms with Gasteiger partial charge in [0.1, 0.15) is 10.3 Å². The van der Waals surface area contributed by atoms with E-state index in [-0.39, 0.29) is 12.1 Å². The molecular weight excluding hydrogens is 228 g/mol. The van der Waals surface area contributed by atoms with E-state index < -0.39 is 0 Å². The molecular formula is C14H8N2S. The molecule has 0 bridgehead atoms. The lowest BCUT2D eigenvalue weighted by Crippen LogP contribution is -1.82. The Labute approximate surface area is 104 Å². The van der Waals surface area contributed by atoms with Crippen LogP contribution < -0.4 is 0 Å². The van der Waals surface area contributed by atoms with E-state index in [4.69, 9.17) is 2.74 Å². The summed E-state index contributed by atoms with van der Waals surface area (Å²) in [6.07, 6.45) is 0. The van der Waals surface area contributed by atoms with Crippen molar-refractivity contribution < 1.29 is 2.74 Å². The number of hydrogen-bond donors (Lipinski definition) is 0. The van der Waals surface area contributed by atoms with Gasteiger partial charge in [0.05, 0.1) is 13.8 Å². The second kappa shape index (κ2) is 3.25. The molecule has 80 valence electrons. The number of rotatable bonds is 0. The third-order valence-electron chi connectivity index (χ3n) is 2.77. The lowest BCUT2D eigenvalue weighted by Gasteiger charge is -1.95. The second-order valence-corrected chi connectivity index (χ2v) is 4.85. The molecule has 4 aromatic rings. The van der Waals surface area contributed by atoms with Crippen LogP contribution in [-0.4, -0.2) is 9.97 Å². The molecule has 0 aliphatic carbocycles. The SMILES string of the molecule is [2H]c1cc2nc3sc4ccccc4c3nc2cc1[2H]. The molecule has 0 radical (unpaired) electrons. The van der Waals surface area contributed by atoms with Gasteiger partial charge in [0.25, 0.3) is 0 Å². The summed E-state index contributed by atoms with van der Waals surface area (Å²) < 4.78 is 16.5. The van der Waals surface area contributed by atoms with Gasteiger partial charge in [-0.3, -0.25) is 0 Å². The van der Waals surface area contributed by atoms with Gasteiger partial charge < -0.3 is 0 Å². The van der Waals surface area contributed by atoms with Crippen molar-refractivity contribution in [2.75, 3.05) is 0 Å². The molecule has 0 N–H and O–H groups in total. The Morgan fingerprint density at radius 3 is 2.59 bits per heavy atom. The first-order chi connectivity index (χ1) is 9.22. The van der Waals surface area contributed by atoms with Crippen molar-refractivity contribution in [1.29, 1.82) is 0 Å². The minimum atomic E-state index is 0.181. The standard InChI is InChI=1S/C14H8N2S/c1-4-8-12-9(5-1)13-14(17-12)16-11-7-3-2-6-10(11)15-13/h1-8H/i2D,3D. The predicted molar refractivity (Wildman–Crippen MR) is 72.4 cm³/mol. The van der Waals surface area contributed by atoms with Crippen LogP contribution in [0.2, 0.25) is 0 Å². The summed E-state index contributed by atoms with van der Waals surface area (Å²) in [5.41, 5.74) is 2.24. The van der Waals surface area contributed by atoms with Crippen LogP contribution in [0.15, 0.2) is 48.5 Å². The average molecular weight is 238 g/mol. The van der Waals surface area contributed by atoms with Gasteiger partial charge in [-0.15, -0.1) is 11.3 Å². The maximum atomic E-state index is 7.68. The smallest absolute Gasteiger partial charge is 0.143 e. The number of para-hydroxylation sites is 2. The Morgan fingerprint density at radius 1 is 0.941 bits per heavy atom. The van der Waals surface area contributed by atoms with Crippen LogP contribution in [0, 0.1) is 0 Å². The van der Waals surface area contributed by atoms with Gasteiger partial charge in [-0.1, -0.05) is 30.3 Å². The van der Waals surface area contributed by atoms with Gasteiger partial charge in [0.15, 0.2) is 0 Å². The number of nitrogens with zero attached hydrogens (tertiary/aromatic N) is 2. The molecule has 2 heterocycles. The van der Waals surface area contributed by atoms with Gasteiger partial charge in [0.2, 0.25) is 0 Å². The molecule has 0 spiro atoms. The molecule has 17 heavy (non-hydrogen) atoms. The molecule has 0 saturated heterocycles. The maximum absolute atomic E-state index is 7.68. The summed E-state index contributed by atoms with van der Waals surface area (Å²) in [5.74, 6) is 0. The van der Waals surface area contributed by atoms with Crippen molar-refractivity contribution in [3.8, 4) is 0 Å². The Morgan fingerprint density at radius 2 is 1.71 bits per heavy atom. The molecule has 0 amide bonds. The summed E-state index contributed by atoms with van der Waals surface area (Å²) in [6, 6.07) is 11.7. The van der Waals surface area contributed by atoms with Crippen LogP contribution in [-0.2, 0) is 0 Å². The second-order valence-electron chi connectivity index (χ2n) is 3.82. The summed E-state index contributed by atoms with van der Waals surface area (Å²) in [5, 5.41) is 1.10. The van der Waals surface area contributed by atoms with Crippen LogP contribution in [0.3, 0.4) is 0 Å². The lowest BCUT2D eigenvalue weighted by atomic mass is 10.2. The van der Waals surface area contributed by atoms with E-state index in [1.54, 1.807) is 23.5 Å². The Balaban J connectivity index is 2.21. The molecule has 2 aromatic carbocycles. The van der Waals surface area contributed by atoms with E-state index in [0.29, 0.717) is 11.0 Å². The van der Waals surface area contributed by atoms with Gasteiger partial charge in [0, 0.05) is 10.1 Å². The van der Waals surface area contributed by atoms with Crippen molar-refractivity contribution in [3.63, 3.8) is 0 Å².